The molecule has 31 heavy (non-hydrogen) atoms. The fourth-order valence-corrected chi connectivity index (χ4v) is 6.01. The number of carbonyl (C=O) groups excluding carboxylic acids is 1. The van der Waals surface area contributed by atoms with E-state index in [1.165, 1.54) is 9.20 Å². The van der Waals surface area contributed by atoms with Crippen molar-refractivity contribution in [3.05, 3.63) is 60.2 Å². The molecule has 7 heteroatoms. The van der Waals surface area contributed by atoms with Gasteiger partial charge in [-0.05, 0) is 60.8 Å². The van der Waals surface area contributed by atoms with E-state index in [2.05, 4.69) is 31.3 Å². The molecule has 1 amide bonds. The van der Waals surface area contributed by atoms with Gasteiger partial charge in [-0.3, -0.25) is 4.79 Å². The summed E-state index contributed by atoms with van der Waals surface area (Å²) in [5, 5.41) is 3.02. The standard InChI is InChI=1S/C24H32N2O3S2/c1-19(2)20-9-11-23(12-10-20)31(28,29)26-16-13-21(14-17-26)24(27)25-15-6-18-30-22-7-4-3-5-8-22/h3-5,7-12,19,21H,6,13-18H2,1-2H3,(H,25,27). The topological polar surface area (TPSA) is 66.5 Å². The van der Waals surface area contributed by atoms with E-state index >= 15 is 0 Å². The normalized spacial score (nSPS) is 15.8. The molecule has 3 rings (SSSR count). The van der Waals surface area contributed by atoms with Crippen LogP contribution in [0.5, 0.6) is 0 Å². The van der Waals surface area contributed by atoms with Gasteiger partial charge in [0.1, 0.15) is 0 Å². The summed E-state index contributed by atoms with van der Waals surface area (Å²) in [4.78, 5) is 14.0. The zero-order valence-corrected chi connectivity index (χ0v) is 19.9. The minimum Gasteiger partial charge on any atom is -0.356 e. The second-order valence-corrected chi connectivity index (χ2v) is 11.3. The number of carbonyl (C=O) groups is 1. The first-order valence-electron chi connectivity index (χ1n) is 10.9. The third-order valence-electron chi connectivity index (χ3n) is 5.64. The highest BCUT2D eigenvalue weighted by atomic mass is 32.2. The second kappa shape index (κ2) is 11.2. The summed E-state index contributed by atoms with van der Waals surface area (Å²) in [5.74, 6) is 1.25. The molecule has 1 heterocycles. The molecule has 1 fully saturated rings. The Bertz CT molecular complexity index is 937. The molecule has 0 unspecified atom stereocenters. The number of thioether (sulfide) groups is 1. The zero-order valence-electron chi connectivity index (χ0n) is 18.3. The highest BCUT2D eigenvalue weighted by molar-refractivity contribution is 7.99. The molecule has 0 aliphatic carbocycles. The lowest BCUT2D eigenvalue weighted by atomic mass is 9.97. The third kappa shape index (κ3) is 6.57. The molecular weight excluding hydrogens is 428 g/mol. The number of hydrogen-bond acceptors (Lipinski definition) is 4. The van der Waals surface area contributed by atoms with Crippen molar-refractivity contribution in [2.45, 2.75) is 48.8 Å². The summed E-state index contributed by atoms with van der Waals surface area (Å²) in [6, 6.07) is 17.4. The summed E-state index contributed by atoms with van der Waals surface area (Å²) in [5.41, 5.74) is 1.12. The van der Waals surface area contributed by atoms with Crippen LogP contribution in [0.15, 0.2) is 64.4 Å². The number of rotatable bonds is 9. The van der Waals surface area contributed by atoms with Crippen LogP contribution in [-0.2, 0) is 14.8 Å². The van der Waals surface area contributed by atoms with Gasteiger partial charge in [-0.25, -0.2) is 8.42 Å². The van der Waals surface area contributed by atoms with Crippen LogP contribution < -0.4 is 5.32 Å². The van der Waals surface area contributed by atoms with E-state index in [1.807, 2.05) is 30.3 Å². The average molecular weight is 461 g/mol. The Labute approximate surface area is 190 Å². The van der Waals surface area contributed by atoms with Gasteiger partial charge in [-0.1, -0.05) is 44.2 Å². The lowest BCUT2D eigenvalue weighted by Gasteiger charge is -2.30. The molecule has 0 aromatic heterocycles. The van der Waals surface area contributed by atoms with Crippen LogP contribution in [0.1, 0.15) is 44.6 Å². The fraction of sp³-hybridized carbons (Fsp3) is 0.458. The zero-order chi connectivity index (χ0) is 22.3. The average Bonchev–Trinajstić information content (AvgIpc) is 2.79. The fourth-order valence-electron chi connectivity index (χ4n) is 3.67. The first-order valence-corrected chi connectivity index (χ1v) is 13.4. The Morgan fingerprint density at radius 1 is 1.06 bits per heavy atom. The number of nitrogens with zero attached hydrogens (tertiary/aromatic N) is 1. The van der Waals surface area contributed by atoms with Crippen LogP contribution in [0.2, 0.25) is 0 Å². The van der Waals surface area contributed by atoms with Crippen molar-refractivity contribution in [1.82, 2.24) is 9.62 Å². The van der Waals surface area contributed by atoms with Gasteiger partial charge in [0.25, 0.3) is 0 Å². The van der Waals surface area contributed by atoms with E-state index in [9.17, 15) is 13.2 Å². The van der Waals surface area contributed by atoms with Gasteiger partial charge in [-0.15, -0.1) is 11.8 Å². The molecule has 0 spiro atoms. The van der Waals surface area contributed by atoms with E-state index in [4.69, 9.17) is 0 Å². The maximum absolute atomic E-state index is 12.9. The van der Waals surface area contributed by atoms with Gasteiger partial charge >= 0.3 is 0 Å². The van der Waals surface area contributed by atoms with Gasteiger partial charge in [0, 0.05) is 30.4 Å². The predicted molar refractivity (Wildman–Crippen MR) is 127 cm³/mol. The monoisotopic (exact) mass is 460 g/mol. The Hall–Kier alpha value is -1.83. The number of piperidine rings is 1. The molecule has 5 nitrogen and oxygen atoms in total. The lowest BCUT2D eigenvalue weighted by Crippen LogP contribution is -2.43. The van der Waals surface area contributed by atoms with Gasteiger partial charge in [0.2, 0.25) is 15.9 Å². The van der Waals surface area contributed by atoms with Crippen molar-refractivity contribution in [3.8, 4) is 0 Å². The highest BCUT2D eigenvalue weighted by Crippen LogP contribution is 2.25. The van der Waals surface area contributed by atoms with Crippen LogP contribution in [0.4, 0.5) is 0 Å². The number of benzene rings is 2. The first-order chi connectivity index (χ1) is 14.9. The van der Waals surface area contributed by atoms with Crippen molar-refractivity contribution in [3.63, 3.8) is 0 Å². The van der Waals surface area contributed by atoms with Gasteiger partial charge in [0.05, 0.1) is 4.90 Å². The van der Waals surface area contributed by atoms with Crippen LogP contribution in [0, 0.1) is 5.92 Å². The molecule has 0 atom stereocenters. The number of hydrogen-bond donors (Lipinski definition) is 1. The Morgan fingerprint density at radius 2 is 1.71 bits per heavy atom. The summed E-state index contributed by atoms with van der Waals surface area (Å²) >= 11 is 1.79. The van der Waals surface area contributed by atoms with E-state index < -0.39 is 10.0 Å². The van der Waals surface area contributed by atoms with Crippen LogP contribution in [0.25, 0.3) is 0 Å². The van der Waals surface area contributed by atoms with Crippen molar-refractivity contribution in [2.75, 3.05) is 25.4 Å². The van der Waals surface area contributed by atoms with Gasteiger partial charge in [0.15, 0.2) is 0 Å². The molecule has 1 aliphatic rings. The molecule has 2 aromatic rings. The first kappa shape index (κ1) is 23.8. The van der Waals surface area contributed by atoms with E-state index in [1.54, 1.807) is 23.9 Å². The predicted octanol–water partition coefficient (Wildman–Crippen LogP) is 4.51. The van der Waals surface area contributed by atoms with Crippen molar-refractivity contribution < 1.29 is 13.2 Å². The van der Waals surface area contributed by atoms with E-state index in [0.717, 1.165) is 17.7 Å². The number of amides is 1. The number of sulfonamides is 1. The summed E-state index contributed by atoms with van der Waals surface area (Å²) in [6.07, 6.45) is 2.03. The Morgan fingerprint density at radius 3 is 2.32 bits per heavy atom. The molecule has 0 bridgehead atoms. The molecule has 0 radical (unpaired) electrons. The van der Waals surface area contributed by atoms with Crippen LogP contribution in [-0.4, -0.2) is 44.0 Å². The largest absolute Gasteiger partial charge is 0.356 e. The van der Waals surface area contributed by atoms with E-state index in [-0.39, 0.29) is 11.8 Å². The van der Waals surface area contributed by atoms with E-state index in [0.29, 0.717) is 43.3 Å². The van der Waals surface area contributed by atoms with Crippen LogP contribution in [0.3, 0.4) is 0 Å². The molecular formula is C24H32N2O3S2. The smallest absolute Gasteiger partial charge is 0.243 e. The van der Waals surface area contributed by atoms with Crippen molar-refractivity contribution >= 4 is 27.7 Å². The van der Waals surface area contributed by atoms with Crippen molar-refractivity contribution in [2.24, 2.45) is 5.92 Å². The van der Waals surface area contributed by atoms with Crippen LogP contribution >= 0.6 is 11.8 Å². The minimum absolute atomic E-state index is 0.0445. The molecule has 0 saturated carbocycles. The number of nitrogens with one attached hydrogen (secondary N) is 1. The molecule has 1 saturated heterocycles. The minimum atomic E-state index is -3.51. The Kier molecular flexibility index (Phi) is 8.58. The summed E-state index contributed by atoms with van der Waals surface area (Å²) < 4.78 is 27.4. The maximum Gasteiger partial charge on any atom is 0.243 e. The molecule has 2 aromatic carbocycles. The third-order valence-corrected chi connectivity index (χ3v) is 8.65. The SMILES string of the molecule is CC(C)c1ccc(S(=O)(=O)N2CCC(C(=O)NCCCSc3ccccc3)CC2)cc1. The summed E-state index contributed by atoms with van der Waals surface area (Å²) in [7, 11) is -3.51. The van der Waals surface area contributed by atoms with Gasteiger partial charge < -0.3 is 5.32 Å². The molecule has 1 aliphatic heterocycles. The maximum atomic E-state index is 12.9. The molecule has 168 valence electrons. The second-order valence-electron chi connectivity index (χ2n) is 8.21. The van der Waals surface area contributed by atoms with Gasteiger partial charge in [-0.2, -0.15) is 4.31 Å². The molecule has 1 N–H and O–H groups in total. The highest BCUT2D eigenvalue weighted by Gasteiger charge is 2.31. The lowest BCUT2D eigenvalue weighted by molar-refractivity contribution is -0.126. The van der Waals surface area contributed by atoms with Crippen molar-refractivity contribution in [1.29, 1.82) is 0 Å². The summed E-state index contributed by atoms with van der Waals surface area (Å²) in [6.45, 7) is 5.59. The quantitative estimate of drug-likeness (QED) is 0.442. The Balaban J connectivity index is 1.41.